The summed E-state index contributed by atoms with van der Waals surface area (Å²) in [5, 5.41) is 2.56. The van der Waals surface area contributed by atoms with Crippen LogP contribution in [0, 0.1) is 0 Å². The number of rotatable bonds is 4. The quantitative estimate of drug-likeness (QED) is 0.288. The molecular formula is C10H10N4OS2. The third kappa shape index (κ3) is 3.02. The second-order valence-corrected chi connectivity index (χ2v) is 4.93. The smallest absolute Gasteiger partial charge is 0.275 e. The van der Waals surface area contributed by atoms with Crippen LogP contribution in [-0.2, 0) is 5.75 Å². The molecule has 0 aromatic carbocycles. The van der Waals surface area contributed by atoms with Crippen molar-refractivity contribution in [3.63, 3.8) is 0 Å². The van der Waals surface area contributed by atoms with Crippen molar-refractivity contribution in [3.8, 4) is 0 Å². The van der Waals surface area contributed by atoms with Gasteiger partial charge in [-0.2, -0.15) is 0 Å². The molecule has 2 aromatic heterocycles. The van der Waals surface area contributed by atoms with Gasteiger partial charge in [-0.15, -0.1) is 11.3 Å². The molecule has 3 N–H and O–H groups in total. The van der Waals surface area contributed by atoms with Crippen molar-refractivity contribution >= 4 is 29.0 Å². The molecule has 0 aliphatic heterocycles. The minimum absolute atomic E-state index is 0.260. The first-order valence-electron chi connectivity index (χ1n) is 4.78. The molecule has 0 spiro atoms. The maximum atomic E-state index is 11.4. The molecule has 0 aliphatic carbocycles. The van der Waals surface area contributed by atoms with Crippen LogP contribution in [0.25, 0.3) is 0 Å². The van der Waals surface area contributed by atoms with Crippen LogP contribution in [-0.4, -0.2) is 15.9 Å². The number of hydrazine groups is 1. The van der Waals surface area contributed by atoms with Crippen molar-refractivity contribution in [3.05, 3.63) is 40.3 Å². The summed E-state index contributed by atoms with van der Waals surface area (Å²) in [6, 6.07) is 3.67. The fourth-order valence-corrected chi connectivity index (χ4v) is 2.93. The van der Waals surface area contributed by atoms with Gasteiger partial charge in [0.2, 0.25) is 0 Å². The average Bonchev–Trinajstić information content (AvgIpc) is 2.85. The van der Waals surface area contributed by atoms with Crippen LogP contribution in [0.1, 0.15) is 15.2 Å². The van der Waals surface area contributed by atoms with Gasteiger partial charge in [0.25, 0.3) is 5.91 Å². The molecule has 0 unspecified atom stereocenters. The SMILES string of the molecule is NNC(=O)c1sccc1CSc1ncccn1. The van der Waals surface area contributed by atoms with E-state index in [4.69, 9.17) is 5.84 Å². The highest BCUT2D eigenvalue weighted by atomic mass is 32.2. The number of carbonyl (C=O) groups excluding carboxylic acids is 1. The number of nitrogens with one attached hydrogen (secondary N) is 1. The van der Waals surface area contributed by atoms with Crippen LogP contribution in [0.5, 0.6) is 0 Å². The Morgan fingerprint density at radius 2 is 2.24 bits per heavy atom. The van der Waals surface area contributed by atoms with E-state index in [1.807, 2.05) is 11.4 Å². The molecule has 0 aliphatic rings. The van der Waals surface area contributed by atoms with Gasteiger partial charge in [-0.25, -0.2) is 15.8 Å². The molecule has 0 radical (unpaired) electrons. The molecule has 0 bridgehead atoms. The fraction of sp³-hybridized carbons (Fsp3) is 0.100. The molecule has 17 heavy (non-hydrogen) atoms. The Kier molecular flexibility index (Phi) is 4.08. The third-order valence-electron chi connectivity index (χ3n) is 1.98. The van der Waals surface area contributed by atoms with E-state index in [9.17, 15) is 4.79 Å². The number of nitrogens with zero attached hydrogens (tertiary/aromatic N) is 2. The van der Waals surface area contributed by atoms with E-state index in [-0.39, 0.29) is 5.91 Å². The highest BCUT2D eigenvalue weighted by molar-refractivity contribution is 7.98. The molecule has 2 rings (SSSR count). The number of amides is 1. The first-order valence-corrected chi connectivity index (χ1v) is 6.65. The molecule has 7 heteroatoms. The third-order valence-corrected chi connectivity index (χ3v) is 3.86. The Morgan fingerprint density at radius 3 is 2.94 bits per heavy atom. The van der Waals surface area contributed by atoms with Gasteiger partial charge in [-0.1, -0.05) is 11.8 Å². The number of aromatic nitrogens is 2. The summed E-state index contributed by atoms with van der Waals surface area (Å²) in [4.78, 5) is 20.3. The van der Waals surface area contributed by atoms with E-state index in [2.05, 4.69) is 15.4 Å². The highest BCUT2D eigenvalue weighted by Gasteiger charge is 2.12. The molecule has 0 saturated heterocycles. The standard InChI is InChI=1S/C10H10N4OS2/c11-14-9(15)8-7(2-5-16-8)6-17-10-12-3-1-4-13-10/h1-5H,6,11H2,(H,14,15). The molecule has 5 nitrogen and oxygen atoms in total. The molecule has 2 heterocycles. The number of thiophene rings is 1. The Morgan fingerprint density at radius 1 is 1.47 bits per heavy atom. The zero-order valence-electron chi connectivity index (χ0n) is 8.79. The maximum absolute atomic E-state index is 11.4. The first-order chi connectivity index (χ1) is 8.31. The highest BCUT2D eigenvalue weighted by Crippen LogP contribution is 2.24. The summed E-state index contributed by atoms with van der Waals surface area (Å²) in [5.41, 5.74) is 3.08. The maximum Gasteiger partial charge on any atom is 0.275 e. The lowest BCUT2D eigenvalue weighted by atomic mass is 10.3. The number of hydrogen-bond donors (Lipinski definition) is 2. The normalized spacial score (nSPS) is 10.2. The van der Waals surface area contributed by atoms with Crippen molar-refractivity contribution in [1.29, 1.82) is 0 Å². The zero-order valence-corrected chi connectivity index (χ0v) is 10.4. The Balaban J connectivity index is 2.05. The van der Waals surface area contributed by atoms with Crippen LogP contribution >= 0.6 is 23.1 Å². The predicted molar refractivity (Wildman–Crippen MR) is 67.6 cm³/mol. The Hall–Kier alpha value is -1.44. The number of nitrogen functional groups attached to an aromatic ring is 1. The number of hydrogen-bond acceptors (Lipinski definition) is 6. The van der Waals surface area contributed by atoms with Gasteiger partial charge in [-0.3, -0.25) is 10.2 Å². The molecular weight excluding hydrogens is 256 g/mol. The van der Waals surface area contributed by atoms with Crippen LogP contribution in [0.4, 0.5) is 0 Å². The topological polar surface area (TPSA) is 80.9 Å². The zero-order chi connectivity index (χ0) is 12.1. The number of carbonyl (C=O) groups is 1. The fourth-order valence-electron chi connectivity index (χ4n) is 1.22. The van der Waals surface area contributed by atoms with Crippen LogP contribution < -0.4 is 11.3 Å². The first kappa shape index (κ1) is 12.0. The van der Waals surface area contributed by atoms with E-state index >= 15 is 0 Å². The van der Waals surface area contributed by atoms with Crippen molar-refractivity contribution in [2.75, 3.05) is 0 Å². The van der Waals surface area contributed by atoms with Crippen LogP contribution in [0.3, 0.4) is 0 Å². The molecule has 88 valence electrons. The second-order valence-electron chi connectivity index (χ2n) is 3.07. The summed E-state index contributed by atoms with van der Waals surface area (Å²) in [5.74, 6) is 5.50. The number of thioether (sulfide) groups is 1. The van der Waals surface area contributed by atoms with E-state index in [0.717, 1.165) is 5.56 Å². The van der Waals surface area contributed by atoms with E-state index in [0.29, 0.717) is 15.8 Å². The summed E-state index contributed by atoms with van der Waals surface area (Å²) in [7, 11) is 0. The lowest BCUT2D eigenvalue weighted by Crippen LogP contribution is -2.29. The lowest BCUT2D eigenvalue weighted by molar-refractivity contribution is 0.0957. The van der Waals surface area contributed by atoms with E-state index in [1.54, 1.807) is 18.5 Å². The van der Waals surface area contributed by atoms with Gasteiger partial charge >= 0.3 is 0 Å². The Labute approximate surface area is 106 Å². The minimum atomic E-state index is -0.260. The molecule has 2 aromatic rings. The van der Waals surface area contributed by atoms with Crippen LogP contribution in [0.2, 0.25) is 0 Å². The lowest BCUT2D eigenvalue weighted by Gasteiger charge is -2.01. The van der Waals surface area contributed by atoms with Crippen LogP contribution in [0.15, 0.2) is 35.1 Å². The molecule has 0 fully saturated rings. The summed E-state index contributed by atoms with van der Waals surface area (Å²) in [6.07, 6.45) is 3.38. The molecule has 1 amide bonds. The summed E-state index contributed by atoms with van der Waals surface area (Å²) < 4.78 is 0. The Bertz CT molecular complexity index is 500. The molecule has 0 saturated carbocycles. The number of nitrogens with two attached hydrogens (primary N) is 1. The van der Waals surface area contributed by atoms with Crippen molar-refractivity contribution in [2.24, 2.45) is 5.84 Å². The van der Waals surface area contributed by atoms with Gasteiger partial charge in [0.15, 0.2) is 5.16 Å². The van der Waals surface area contributed by atoms with Gasteiger partial charge in [-0.05, 0) is 23.1 Å². The van der Waals surface area contributed by atoms with Gasteiger partial charge in [0, 0.05) is 18.1 Å². The van der Waals surface area contributed by atoms with Crippen molar-refractivity contribution in [1.82, 2.24) is 15.4 Å². The summed E-state index contributed by atoms with van der Waals surface area (Å²) in [6.45, 7) is 0. The molecule has 0 atom stereocenters. The van der Waals surface area contributed by atoms with Gasteiger partial charge in [0.05, 0.1) is 4.88 Å². The minimum Gasteiger partial charge on any atom is -0.289 e. The van der Waals surface area contributed by atoms with E-state index < -0.39 is 0 Å². The van der Waals surface area contributed by atoms with E-state index in [1.165, 1.54) is 23.1 Å². The summed E-state index contributed by atoms with van der Waals surface area (Å²) >= 11 is 2.86. The largest absolute Gasteiger partial charge is 0.289 e. The monoisotopic (exact) mass is 266 g/mol. The van der Waals surface area contributed by atoms with Gasteiger partial charge in [0.1, 0.15) is 0 Å². The van der Waals surface area contributed by atoms with Crippen molar-refractivity contribution < 1.29 is 4.79 Å². The second kappa shape index (κ2) is 5.76. The average molecular weight is 266 g/mol. The van der Waals surface area contributed by atoms with Gasteiger partial charge < -0.3 is 0 Å². The van der Waals surface area contributed by atoms with Crippen molar-refractivity contribution in [2.45, 2.75) is 10.9 Å². The predicted octanol–water partition coefficient (Wildman–Crippen LogP) is 1.43.